The molecule has 0 aliphatic carbocycles. The standard InChI is InChI=1S/C26H30FN3OS/c1-6-17-8-10-19(11-9-17)28-25-29-24(31)23(32-25)13-18-12-20-16(3)15-26(4,5)30(7-2)22(20)14-21(18)27/h8-14,16H,6-7,15H2,1-5H3,(H,28,29,31)/b23-13+. The van der Waals surface area contributed by atoms with Crippen LogP contribution in [0.3, 0.4) is 0 Å². The molecule has 1 unspecified atom stereocenters. The highest BCUT2D eigenvalue weighted by Gasteiger charge is 2.36. The van der Waals surface area contributed by atoms with Crippen LogP contribution >= 0.6 is 11.8 Å². The van der Waals surface area contributed by atoms with Crippen LogP contribution < -0.4 is 10.2 Å². The van der Waals surface area contributed by atoms with Crippen molar-refractivity contribution in [3.05, 3.63) is 63.8 Å². The third-order valence-electron chi connectivity index (χ3n) is 6.33. The lowest BCUT2D eigenvalue weighted by Crippen LogP contribution is -2.48. The zero-order valence-corrected chi connectivity index (χ0v) is 20.1. The van der Waals surface area contributed by atoms with Crippen molar-refractivity contribution in [2.24, 2.45) is 4.99 Å². The molecular formula is C26H30FN3OS. The Balaban J connectivity index is 1.63. The fourth-order valence-electron chi connectivity index (χ4n) is 4.78. The molecule has 0 spiro atoms. The van der Waals surface area contributed by atoms with Gasteiger partial charge in [-0.15, -0.1) is 0 Å². The number of nitrogens with one attached hydrogen (secondary N) is 1. The van der Waals surface area contributed by atoms with Gasteiger partial charge in [0.15, 0.2) is 5.17 Å². The second kappa shape index (κ2) is 8.74. The Bertz CT molecular complexity index is 1100. The fourth-order valence-corrected chi connectivity index (χ4v) is 5.61. The molecule has 0 aromatic heterocycles. The van der Waals surface area contributed by atoms with E-state index in [4.69, 9.17) is 0 Å². The summed E-state index contributed by atoms with van der Waals surface area (Å²) in [4.78, 5) is 19.8. The largest absolute Gasteiger partial charge is 0.366 e. The van der Waals surface area contributed by atoms with Gasteiger partial charge in [-0.3, -0.25) is 4.79 Å². The van der Waals surface area contributed by atoms with Gasteiger partial charge in [-0.1, -0.05) is 26.0 Å². The molecular weight excluding hydrogens is 421 g/mol. The van der Waals surface area contributed by atoms with Crippen LogP contribution in [-0.4, -0.2) is 23.2 Å². The van der Waals surface area contributed by atoms with E-state index >= 15 is 4.39 Å². The van der Waals surface area contributed by atoms with Gasteiger partial charge in [-0.05, 0) is 92.8 Å². The number of aryl methyl sites for hydroxylation is 1. The van der Waals surface area contributed by atoms with E-state index in [0.717, 1.165) is 36.3 Å². The van der Waals surface area contributed by atoms with Crippen molar-refractivity contribution in [2.75, 3.05) is 11.4 Å². The Labute approximate surface area is 194 Å². The molecule has 0 bridgehead atoms. The first-order valence-corrected chi connectivity index (χ1v) is 12.0. The molecule has 168 valence electrons. The summed E-state index contributed by atoms with van der Waals surface area (Å²) in [5, 5.41) is 3.30. The summed E-state index contributed by atoms with van der Waals surface area (Å²) in [6.07, 6.45) is 3.60. The van der Waals surface area contributed by atoms with Crippen LogP contribution in [0, 0.1) is 5.82 Å². The maximum atomic E-state index is 15.1. The number of hydrogen-bond acceptors (Lipinski definition) is 4. The second-order valence-corrected chi connectivity index (χ2v) is 10.1. The highest BCUT2D eigenvalue weighted by molar-refractivity contribution is 8.18. The molecule has 0 radical (unpaired) electrons. The molecule has 6 heteroatoms. The van der Waals surface area contributed by atoms with Crippen molar-refractivity contribution < 1.29 is 9.18 Å². The number of rotatable bonds is 4. The predicted molar refractivity (Wildman–Crippen MR) is 133 cm³/mol. The maximum Gasteiger partial charge on any atom is 0.264 e. The summed E-state index contributed by atoms with van der Waals surface area (Å²) in [6, 6.07) is 11.5. The van der Waals surface area contributed by atoms with Crippen molar-refractivity contribution in [3.8, 4) is 0 Å². The zero-order valence-electron chi connectivity index (χ0n) is 19.3. The number of anilines is 1. The summed E-state index contributed by atoms with van der Waals surface area (Å²) in [5.41, 5.74) is 4.53. The van der Waals surface area contributed by atoms with Gasteiger partial charge in [0.2, 0.25) is 0 Å². The van der Waals surface area contributed by atoms with Crippen LogP contribution in [0.2, 0.25) is 0 Å². The number of amidine groups is 1. The fraction of sp³-hybridized carbons (Fsp3) is 0.385. The molecule has 2 aliphatic heterocycles. The molecule has 2 aromatic rings. The van der Waals surface area contributed by atoms with E-state index in [0.29, 0.717) is 21.6 Å². The summed E-state index contributed by atoms with van der Waals surface area (Å²) in [7, 11) is 0. The topological polar surface area (TPSA) is 44.7 Å². The number of fused-ring (bicyclic) bond motifs is 1. The van der Waals surface area contributed by atoms with Crippen LogP contribution in [0.15, 0.2) is 46.3 Å². The average Bonchev–Trinajstić information content (AvgIpc) is 3.08. The van der Waals surface area contributed by atoms with E-state index in [1.54, 1.807) is 12.1 Å². The van der Waals surface area contributed by atoms with Crippen molar-refractivity contribution in [1.82, 2.24) is 5.32 Å². The molecule has 2 heterocycles. The van der Waals surface area contributed by atoms with Crippen molar-refractivity contribution >= 4 is 40.3 Å². The number of halogens is 1. The lowest BCUT2D eigenvalue weighted by molar-refractivity contribution is -0.115. The predicted octanol–water partition coefficient (Wildman–Crippen LogP) is 6.39. The van der Waals surface area contributed by atoms with Gasteiger partial charge in [0.1, 0.15) is 5.82 Å². The van der Waals surface area contributed by atoms with Crippen LogP contribution in [-0.2, 0) is 11.2 Å². The molecule has 4 nitrogen and oxygen atoms in total. The van der Waals surface area contributed by atoms with E-state index < -0.39 is 0 Å². The SMILES string of the molecule is CCc1ccc(N=C2NC(=O)/C(=C\c3cc4c(cc3F)N(CC)C(C)(C)CC4C)S2)cc1. The highest BCUT2D eigenvalue weighted by Crippen LogP contribution is 2.44. The van der Waals surface area contributed by atoms with Crippen LogP contribution in [0.4, 0.5) is 15.8 Å². The third kappa shape index (κ3) is 4.33. The minimum atomic E-state index is -0.312. The number of benzene rings is 2. The van der Waals surface area contributed by atoms with E-state index in [-0.39, 0.29) is 17.3 Å². The number of carbonyl (C=O) groups is 1. The Morgan fingerprint density at radius 3 is 2.62 bits per heavy atom. The van der Waals surface area contributed by atoms with Gasteiger partial charge < -0.3 is 10.2 Å². The zero-order chi connectivity index (χ0) is 23.0. The van der Waals surface area contributed by atoms with Gasteiger partial charge in [-0.2, -0.15) is 0 Å². The van der Waals surface area contributed by atoms with Crippen molar-refractivity contribution in [3.63, 3.8) is 0 Å². The minimum Gasteiger partial charge on any atom is -0.366 e. The molecule has 1 amide bonds. The van der Waals surface area contributed by atoms with Gasteiger partial charge in [0, 0.05) is 23.3 Å². The van der Waals surface area contributed by atoms with Crippen molar-refractivity contribution in [1.29, 1.82) is 0 Å². The number of aliphatic imine (C=N–C) groups is 1. The molecule has 1 fully saturated rings. The molecule has 0 saturated carbocycles. The lowest BCUT2D eigenvalue weighted by atomic mass is 9.79. The molecule has 1 saturated heterocycles. The molecule has 4 rings (SSSR count). The Morgan fingerprint density at radius 2 is 1.97 bits per heavy atom. The summed E-state index contributed by atoms with van der Waals surface area (Å²) in [5.74, 6) is -0.247. The van der Waals surface area contributed by atoms with Crippen molar-refractivity contribution in [2.45, 2.75) is 58.9 Å². The minimum absolute atomic E-state index is 0.0184. The van der Waals surface area contributed by atoms with Crippen LogP contribution in [0.25, 0.3) is 6.08 Å². The first-order valence-electron chi connectivity index (χ1n) is 11.2. The van der Waals surface area contributed by atoms with Gasteiger partial charge >= 0.3 is 0 Å². The first kappa shape index (κ1) is 22.6. The number of carbonyl (C=O) groups excluding carboxylic acids is 1. The monoisotopic (exact) mass is 451 g/mol. The molecule has 1 N–H and O–H groups in total. The molecule has 2 aliphatic rings. The molecule has 2 aromatic carbocycles. The van der Waals surface area contributed by atoms with E-state index in [1.165, 1.54) is 17.3 Å². The smallest absolute Gasteiger partial charge is 0.264 e. The number of thioether (sulfide) groups is 1. The van der Waals surface area contributed by atoms with Gasteiger partial charge in [-0.25, -0.2) is 9.38 Å². The third-order valence-corrected chi connectivity index (χ3v) is 7.24. The van der Waals surface area contributed by atoms with Crippen LogP contribution in [0.1, 0.15) is 63.6 Å². The van der Waals surface area contributed by atoms with E-state index in [1.807, 2.05) is 30.3 Å². The lowest BCUT2D eigenvalue weighted by Gasteiger charge is -2.47. The Kier molecular flexibility index (Phi) is 6.17. The van der Waals surface area contributed by atoms with E-state index in [2.05, 4.69) is 49.8 Å². The number of amides is 1. The maximum absolute atomic E-state index is 15.1. The first-order chi connectivity index (χ1) is 15.2. The van der Waals surface area contributed by atoms with Gasteiger partial charge in [0.05, 0.1) is 10.6 Å². The normalized spacial score (nSPS) is 22.4. The quantitative estimate of drug-likeness (QED) is 0.548. The highest BCUT2D eigenvalue weighted by atomic mass is 32.2. The van der Waals surface area contributed by atoms with Gasteiger partial charge in [0.25, 0.3) is 5.91 Å². The molecule has 1 atom stereocenters. The number of hydrogen-bond donors (Lipinski definition) is 1. The van der Waals surface area contributed by atoms with Crippen LogP contribution in [0.5, 0.6) is 0 Å². The summed E-state index contributed by atoms with van der Waals surface area (Å²) in [6.45, 7) is 11.6. The Hall–Kier alpha value is -2.60. The summed E-state index contributed by atoms with van der Waals surface area (Å²) >= 11 is 1.24. The Morgan fingerprint density at radius 1 is 1.25 bits per heavy atom. The molecule has 32 heavy (non-hydrogen) atoms. The average molecular weight is 452 g/mol. The van der Waals surface area contributed by atoms with E-state index in [9.17, 15) is 4.79 Å². The number of nitrogens with zero attached hydrogens (tertiary/aromatic N) is 2. The second-order valence-electron chi connectivity index (χ2n) is 9.10. The summed E-state index contributed by atoms with van der Waals surface area (Å²) < 4.78 is 15.1.